The van der Waals surface area contributed by atoms with Gasteiger partial charge in [0.05, 0.1) is 6.21 Å². The van der Waals surface area contributed by atoms with E-state index in [2.05, 4.69) is 36.5 Å². The summed E-state index contributed by atoms with van der Waals surface area (Å²) in [6.07, 6.45) is 1.63. The van der Waals surface area contributed by atoms with Crippen molar-refractivity contribution in [1.82, 2.24) is 5.43 Å². The third kappa shape index (κ3) is 5.18. The maximum Gasteiger partial charge on any atom is 0.277 e. The molecule has 0 aliphatic rings. The number of ether oxygens (including phenoxy) is 1. The molecule has 2 rings (SSSR count). The van der Waals surface area contributed by atoms with Crippen molar-refractivity contribution in [2.75, 3.05) is 6.61 Å². The Kier molecular flexibility index (Phi) is 6.34. The molecule has 0 aliphatic heterocycles. The van der Waals surface area contributed by atoms with Gasteiger partial charge in [-0.15, -0.1) is 0 Å². The fraction of sp³-hybridized carbons (Fsp3) is 0.333. The van der Waals surface area contributed by atoms with E-state index in [-0.39, 0.29) is 12.5 Å². The van der Waals surface area contributed by atoms with Crippen LogP contribution in [0.3, 0.4) is 0 Å². The molecule has 0 saturated heterocycles. The number of rotatable bonds is 6. The van der Waals surface area contributed by atoms with Crippen molar-refractivity contribution in [1.29, 1.82) is 0 Å². The van der Waals surface area contributed by atoms with Crippen molar-refractivity contribution in [3.63, 3.8) is 0 Å². The monoisotopic (exact) mass is 338 g/mol. The molecule has 0 aromatic heterocycles. The van der Waals surface area contributed by atoms with E-state index in [4.69, 9.17) is 4.74 Å². The maximum absolute atomic E-state index is 11.9. The van der Waals surface area contributed by atoms with E-state index >= 15 is 0 Å². The quantitative estimate of drug-likeness (QED) is 0.632. The smallest absolute Gasteiger partial charge is 0.277 e. The minimum Gasteiger partial charge on any atom is -0.483 e. The van der Waals surface area contributed by atoms with Crippen LogP contribution < -0.4 is 10.2 Å². The predicted octanol–water partition coefficient (Wildman–Crippen LogP) is 4.26. The van der Waals surface area contributed by atoms with Gasteiger partial charge in [-0.25, -0.2) is 5.43 Å². The fourth-order valence-corrected chi connectivity index (χ4v) is 2.46. The Hall–Kier alpha value is -2.62. The van der Waals surface area contributed by atoms with Crippen LogP contribution >= 0.6 is 0 Å². The third-order valence-corrected chi connectivity index (χ3v) is 4.23. The van der Waals surface area contributed by atoms with Gasteiger partial charge in [0.1, 0.15) is 5.75 Å². The lowest BCUT2D eigenvalue weighted by Gasteiger charge is -2.13. The van der Waals surface area contributed by atoms with Crippen LogP contribution in [0.15, 0.2) is 41.5 Å². The van der Waals surface area contributed by atoms with E-state index in [1.165, 1.54) is 5.56 Å². The molecule has 4 heteroatoms. The standard InChI is InChI=1S/C21H26N2O2/c1-14(2)19-10-8-18(9-11-19)12-22-23-20(24)13-25-21-16(4)7-6-15(3)17(21)5/h6-12,14H,13H2,1-5H3,(H,23,24)/b22-12+. The van der Waals surface area contributed by atoms with Crippen molar-refractivity contribution in [2.45, 2.75) is 40.5 Å². The lowest BCUT2D eigenvalue weighted by molar-refractivity contribution is -0.123. The Balaban J connectivity index is 1.88. The molecule has 0 radical (unpaired) electrons. The summed E-state index contributed by atoms with van der Waals surface area (Å²) in [5.74, 6) is 0.982. The first kappa shape index (κ1) is 18.7. The van der Waals surface area contributed by atoms with E-state index in [0.717, 1.165) is 28.0 Å². The molecule has 25 heavy (non-hydrogen) atoms. The van der Waals surface area contributed by atoms with Gasteiger partial charge in [0.25, 0.3) is 5.91 Å². The second kappa shape index (κ2) is 8.47. The number of nitrogens with one attached hydrogen (secondary N) is 1. The number of benzene rings is 2. The van der Waals surface area contributed by atoms with Gasteiger partial charge in [-0.3, -0.25) is 4.79 Å². The van der Waals surface area contributed by atoms with Gasteiger partial charge in [0.2, 0.25) is 0 Å². The molecule has 1 amide bonds. The topological polar surface area (TPSA) is 50.7 Å². The van der Waals surface area contributed by atoms with Crippen LogP contribution in [0.2, 0.25) is 0 Å². The number of amides is 1. The largest absolute Gasteiger partial charge is 0.483 e. The number of hydrogen-bond donors (Lipinski definition) is 1. The van der Waals surface area contributed by atoms with Gasteiger partial charge in [-0.05, 0) is 54.5 Å². The second-order valence-corrected chi connectivity index (χ2v) is 6.56. The Morgan fingerprint density at radius 2 is 1.72 bits per heavy atom. The summed E-state index contributed by atoms with van der Waals surface area (Å²) in [6.45, 7) is 10.2. The van der Waals surface area contributed by atoms with Crippen molar-refractivity contribution >= 4 is 12.1 Å². The molecule has 0 aliphatic carbocycles. The molecule has 132 valence electrons. The molecule has 0 fully saturated rings. The Morgan fingerprint density at radius 1 is 1.08 bits per heavy atom. The fourth-order valence-electron chi connectivity index (χ4n) is 2.46. The first-order valence-electron chi connectivity index (χ1n) is 8.50. The highest BCUT2D eigenvalue weighted by Crippen LogP contribution is 2.25. The normalized spacial score (nSPS) is 11.1. The molecular formula is C21H26N2O2. The zero-order valence-electron chi connectivity index (χ0n) is 15.6. The molecule has 4 nitrogen and oxygen atoms in total. The number of hydrazone groups is 1. The van der Waals surface area contributed by atoms with Gasteiger partial charge in [0.15, 0.2) is 6.61 Å². The van der Waals surface area contributed by atoms with Crippen LogP contribution in [0, 0.1) is 20.8 Å². The van der Waals surface area contributed by atoms with Crippen molar-refractivity contribution in [3.8, 4) is 5.75 Å². The van der Waals surface area contributed by atoms with Crippen LogP contribution in [-0.4, -0.2) is 18.7 Å². The van der Waals surface area contributed by atoms with E-state index < -0.39 is 0 Å². The first-order valence-corrected chi connectivity index (χ1v) is 8.50. The zero-order valence-corrected chi connectivity index (χ0v) is 15.6. The van der Waals surface area contributed by atoms with Gasteiger partial charge in [-0.1, -0.05) is 50.2 Å². The molecule has 0 heterocycles. The lowest BCUT2D eigenvalue weighted by atomic mass is 10.0. The molecule has 1 N–H and O–H groups in total. The zero-order chi connectivity index (χ0) is 18.4. The summed E-state index contributed by atoms with van der Waals surface area (Å²) in [5.41, 5.74) is 7.93. The number of carbonyl (C=O) groups excluding carboxylic acids is 1. The van der Waals surface area contributed by atoms with Crippen LogP contribution in [0.4, 0.5) is 0 Å². The number of hydrogen-bond acceptors (Lipinski definition) is 3. The van der Waals surface area contributed by atoms with Crippen LogP contribution in [0.5, 0.6) is 5.75 Å². The van der Waals surface area contributed by atoms with Crippen LogP contribution in [0.1, 0.15) is 47.6 Å². The lowest BCUT2D eigenvalue weighted by Crippen LogP contribution is -2.25. The molecule has 0 unspecified atom stereocenters. The van der Waals surface area contributed by atoms with Gasteiger partial charge >= 0.3 is 0 Å². The van der Waals surface area contributed by atoms with Gasteiger partial charge in [-0.2, -0.15) is 5.10 Å². The average Bonchev–Trinajstić information content (AvgIpc) is 2.59. The van der Waals surface area contributed by atoms with Crippen LogP contribution in [0.25, 0.3) is 0 Å². The third-order valence-electron chi connectivity index (χ3n) is 4.23. The van der Waals surface area contributed by atoms with E-state index in [1.807, 2.05) is 45.0 Å². The van der Waals surface area contributed by atoms with E-state index in [1.54, 1.807) is 6.21 Å². The minimum atomic E-state index is -0.282. The average molecular weight is 338 g/mol. The summed E-state index contributed by atoms with van der Waals surface area (Å²) in [5, 5.41) is 3.99. The summed E-state index contributed by atoms with van der Waals surface area (Å²) in [4.78, 5) is 11.9. The summed E-state index contributed by atoms with van der Waals surface area (Å²) < 4.78 is 5.67. The van der Waals surface area contributed by atoms with E-state index in [9.17, 15) is 4.79 Å². The Morgan fingerprint density at radius 3 is 2.36 bits per heavy atom. The predicted molar refractivity (Wildman–Crippen MR) is 102 cm³/mol. The maximum atomic E-state index is 11.9. The molecule has 0 bridgehead atoms. The minimum absolute atomic E-state index is 0.0608. The molecule has 2 aromatic rings. The highest BCUT2D eigenvalue weighted by atomic mass is 16.5. The number of aryl methyl sites for hydroxylation is 2. The van der Waals surface area contributed by atoms with Gasteiger partial charge < -0.3 is 4.74 Å². The SMILES string of the molecule is Cc1ccc(C)c(OCC(=O)N/N=C/c2ccc(C(C)C)cc2)c1C. The summed E-state index contributed by atoms with van der Waals surface area (Å²) in [6, 6.07) is 12.2. The van der Waals surface area contributed by atoms with Crippen molar-refractivity contribution in [3.05, 3.63) is 64.2 Å². The summed E-state index contributed by atoms with van der Waals surface area (Å²) in [7, 11) is 0. The summed E-state index contributed by atoms with van der Waals surface area (Å²) >= 11 is 0. The number of nitrogens with zero attached hydrogens (tertiary/aromatic N) is 1. The molecule has 0 spiro atoms. The first-order chi connectivity index (χ1) is 11.9. The highest BCUT2D eigenvalue weighted by Gasteiger charge is 2.08. The molecule has 0 saturated carbocycles. The Labute approximate surface area is 149 Å². The van der Waals surface area contributed by atoms with Crippen molar-refractivity contribution < 1.29 is 9.53 Å². The highest BCUT2D eigenvalue weighted by molar-refractivity contribution is 5.83. The van der Waals surface area contributed by atoms with Crippen LogP contribution in [-0.2, 0) is 4.79 Å². The second-order valence-electron chi connectivity index (χ2n) is 6.56. The number of carbonyl (C=O) groups is 1. The van der Waals surface area contributed by atoms with E-state index in [0.29, 0.717) is 5.92 Å². The molecule has 0 atom stereocenters. The molecule has 2 aromatic carbocycles. The molecular weight excluding hydrogens is 312 g/mol. The Bertz CT molecular complexity index is 762. The van der Waals surface area contributed by atoms with Gasteiger partial charge in [0, 0.05) is 0 Å². The van der Waals surface area contributed by atoms with Crippen molar-refractivity contribution in [2.24, 2.45) is 5.10 Å².